The van der Waals surface area contributed by atoms with Crippen LogP contribution in [-0.2, 0) is 11.2 Å². The topological polar surface area (TPSA) is 75.6 Å². The predicted octanol–water partition coefficient (Wildman–Crippen LogP) is 3.80. The highest BCUT2D eigenvalue weighted by Gasteiger charge is 2.14. The number of aromatic carboxylic acids is 1. The highest BCUT2D eigenvalue weighted by molar-refractivity contribution is 5.89. The largest absolute Gasteiger partial charge is 0.478 e. The summed E-state index contributed by atoms with van der Waals surface area (Å²) >= 11 is 0. The molecule has 0 aromatic heterocycles. The molecule has 0 bridgehead atoms. The molecule has 0 saturated heterocycles. The molecule has 0 heterocycles. The van der Waals surface area contributed by atoms with Crippen LogP contribution < -0.4 is 10.1 Å². The molecule has 1 unspecified atom stereocenters. The highest BCUT2D eigenvalue weighted by atomic mass is 19.3. The van der Waals surface area contributed by atoms with Crippen LogP contribution in [0.5, 0.6) is 5.75 Å². The van der Waals surface area contributed by atoms with Crippen molar-refractivity contribution in [3.8, 4) is 5.75 Å². The third kappa shape index (κ3) is 5.54. The average molecular weight is 363 g/mol. The van der Waals surface area contributed by atoms with E-state index in [1.165, 1.54) is 18.2 Å². The van der Waals surface area contributed by atoms with E-state index in [2.05, 4.69) is 10.1 Å². The maximum Gasteiger partial charge on any atom is 0.387 e. The van der Waals surface area contributed by atoms with E-state index in [0.29, 0.717) is 11.1 Å². The Morgan fingerprint density at radius 2 is 1.88 bits per heavy atom. The van der Waals surface area contributed by atoms with Crippen LogP contribution in [0.2, 0.25) is 0 Å². The highest BCUT2D eigenvalue weighted by Crippen LogP contribution is 2.21. The third-order valence-corrected chi connectivity index (χ3v) is 3.83. The maximum atomic E-state index is 12.3. The van der Waals surface area contributed by atoms with E-state index in [-0.39, 0.29) is 30.1 Å². The summed E-state index contributed by atoms with van der Waals surface area (Å²) in [6.07, 6.45) is 0.400. The Hall–Kier alpha value is -2.96. The quantitative estimate of drug-likeness (QED) is 0.748. The number of nitrogens with one attached hydrogen (secondary N) is 1. The molecule has 2 aromatic carbocycles. The molecule has 0 fully saturated rings. The van der Waals surface area contributed by atoms with Gasteiger partial charge < -0.3 is 15.2 Å². The number of carbonyl (C=O) groups excluding carboxylic acids is 1. The van der Waals surface area contributed by atoms with Crippen molar-refractivity contribution in [2.45, 2.75) is 32.4 Å². The van der Waals surface area contributed by atoms with Gasteiger partial charge in [-0.15, -0.1) is 0 Å². The average Bonchev–Trinajstić information content (AvgIpc) is 2.59. The van der Waals surface area contributed by atoms with Gasteiger partial charge in [-0.25, -0.2) is 4.79 Å². The summed E-state index contributed by atoms with van der Waals surface area (Å²) in [7, 11) is 0. The Balaban J connectivity index is 1.95. The summed E-state index contributed by atoms with van der Waals surface area (Å²) in [4.78, 5) is 23.3. The number of hydrogen-bond acceptors (Lipinski definition) is 3. The van der Waals surface area contributed by atoms with Gasteiger partial charge in [-0.05, 0) is 42.7 Å². The van der Waals surface area contributed by atoms with Crippen molar-refractivity contribution >= 4 is 11.9 Å². The number of aryl methyl sites for hydroxylation is 1. The standard InChI is InChI=1S/C19H19F2NO4/c1-12(14-6-4-7-15(11-14)26-19(20)21)22-17(23)10-9-13-5-2-3-8-16(13)18(24)25/h2-8,11-12,19H,9-10H2,1H3,(H,22,23)(H,24,25). The van der Waals surface area contributed by atoms with E-state index < -0.39 is 18.6 Å². The van der Waals surface area contributed by atoms with Crippen molar-refractivity contribution in [3.05, 3.63) is 65.2 Å². The van der Waals surface area contributed by atoms with Gasteiger partial charge in [0.25, 0.3) is 0 Å². The molecule has 0 radical (unpaired) electrons. The van der Waals surface area contributed by atoms with E-state index >= 15 is 0 Å². The van der Waals surface area contributed by atoms with Gasteiger partial charge in [0.05, 0.1) is 11.6 Å². The first-order valence-electron chi connectivity index (χ1n) is 8.02. The molecule has 0 aliphatic rings. The summed E-state index contributed by atoms with van der Waals surface area (Å²) < 4.78 is 28.9. The zero-order valence-electron chi connectivity index (χ0n) is 14.1. The van der Waals surface area contributed by atoms with Crippen molar-refractivity contribution in [3.63, 3.8) is 0 Å². The van der Waals surface area contributed by atoms with Gasteiger partial charge in [-0.3, -0.25) is 4.79 Å². The first-order valence-corrected chi connectivity index (χ1v) is 8.02. The lowest BCUT2D eigenvalue weighted by atomic mass is 10.0. The zero-order valence-corrected chi connectivity index (χ0v) is 14.1. The molecule has 2 aromatic rings. The number of amides is 1. The summed E-state index contributed by atoms with van der Waals surface area (Å²) in [6.45, 7) is -1.19. The second-order valence-electron chi connectivity index (χ2n) is 5.70. The first-order chi connectivity index (χ1) is 12.4. The van der Waals surface area contributed by atoms with Crippen LogP contribution in [0.15, 0.2) is 48.5 Å². The molecule has 0 aliphatic carbocycles. The molecule has 26 heavy (non-hydrogen) atoms. The van der Waals surface area contributed by atoms with Gasteiger partial charge in [0, 0.05) is 6.42 Å². The molecule has 138 valence electrons. The smallest absolute Gasteiger partial charge is 0.387 e. The van der Waals surface area contributed by atoms with E-state index in [1.54, 1.807) is 37.3 Å². The Kier molecular flexibility index (Phi) is 6.66. The Bertz CT molecular complexity index is 780. The van der Waals surface area contributed by atoms with E-state index in [0.717, 1.165) is 0 Å². The predicted molar refractivity (Wildman–Crippen MR) is 91.4 cm³/mol. The lowest BCUT2D eigenvalue weighted by molar-refractivity contribution is -0.121. The third-order valence-electron chi connectivity index (χ3n) is 3.83. The van der Waals surface area contributed by atoms with Crippen molar-refractivity contribution < 1.29 is 28.2 Å². The molecule has 0 spiro atoms. The molecule has 2 N–H and O–H groups in total. The monoisotopic (exact) mass is 363 g/mol. The number of alkyl halides is 2. The summed E-state index contributed by atoms with van der Waals surface area (Å²) in [6, 6.07) is 12.2. The first kappa shape index (κ1) is 19.4. The number of benzene rings is 2. The summed E-state index contributed by atoms with van der Waals surface area (Å²) in [5.41, 5.74) is 1.38. The van der Waals surface area contributed by atoms with Crippen molar-refractivity contribution in [2.75, 3.05) is 0 Å². The lowest BCUT2D eigenvalue weighted by Crippen LogP contribution is -2.27. The van der Waals surface area contributed by atoms with Gasteiger partial charge >= 0.3 is 12.6 Å². The molecule has 2 rings (SSSR count). The van der Waals surface area contributed by atoms with E-state index in [9.17, 15) is 18.4 Å². The van der Waals surface area contributed by atoms with Gasteiger partial charge in [0.1, 0.15) is 5.75 Å². The number of ether oxygens (including phenoxy) is 1. The minimum Gasteiger partial charge on any atom is -0.478 e. The van der Waals surface area contributed by atoms with Crippen molar-refractivity contribution in [1.82, 2.24) is 5.32 Å². The van der Waals surface area contributed by atoms with E-state index in [4.69, 9.17) is 5.11 Å². The number of halogens is 2. The fraction of sp³-hybridized carbons (Fsp3) is 0.263. The van der Waals surface area contributed by atoms with Gasteiger partial charge in [-0.1, -0.05) is 30.3 Å². The number of hydrogen-bond donors (Lipinski definition) is 2. The SMILES string of the molecule is CC(NC(=O)CCc1ccccc1C(=O)O)c1cccc(OC(F)F)c1. The Morgan fingerprint density at radius 1 is 1.15 bits per heavy atom. The van der Waals surface area contributed by atoms with Gasteiger partial charge in [0.15, 0.2) is 0 Å². The van der Waals surface area contributed by atoms with Crippen molar-refractivity contribution in [1.29, 1.82) is 0 Å². The van der Waals surface area contributed by atoms with Gasteiger partial charge in [-0.2, -0.15) is 8.78 Å². The number of rotatable bonds is 8. The van der Waals surface area contributed by atoms with Crippen LogP contribution in [0.4, 0.5) is 8.78 Å². The van der Waals surface area contributed by atoms with Crippen LogP contribution in [0.1, 0.15) is 40.9 Å². The molecule has 0 saturated carbocycles. The van der Waals surface area contributed by atoms with Crippen LogP contribution in [0, 0.1) is 0 Å². The summed E-state index contributed by atoms with van der Waals surface area (Å²) in [5.74, 6) is -1.28. The molecule has 1 atom stereocenters. The summed E-state index contributed by atoms with van der Waals surface area (Å²) in [5, 5.41) is 11.9. The second kappa shape index (κ2) is 8.94. The number of carboxylic acid groups (broad SMARTS) is 1. The lowest BCUT2D eigenvalue weighted by Gasteiger charge is -2.16. The normalized spacial score (nSPS) is 11.8. The van der Waals surface area contributed by atoms with Crippen LogP contribution in [0.3, 0.4) is 0 Å². The molecule has 1 amide bonds. The molecule has 7 heteroatoms. The Morgan fingerprint density at radius 3 is 2.58 bits per heavy atom. The Labute approximate surface area is 149 Å². The molecular weight excluding hydrogens is 344 g/mol. The zero-order chi connectivity index (χ0) is 19.1. The second-order valence-corrected chi connectivity index (χ2v) is 5.70. The minimum absolute atomic E-state index is 0.0222. The van der Waals surface area contributed by atoms with Crippen LogP contribution >= 0.6 is 0 Å². The fourth-order valence-corrected chi connectivity index (χ4v) is 2.55. The van der Waals surface area contributed by atoms with Crippen molar-refractivity contribution in [2.24, 2.45) is 0 Å². The van der Waals surface area contributed by atoms with Crippen LogP contribution in [0.25, 0.3) is 0 Å². The molecule has 5 nitrogen and oxygen atoms in total. The number of carboxylic acids is 1. The molecule has 0 aliphatic heterocycles. The molecular formula is C19H19F2NO4. The minimum atomic E-state index is -2.91. The van der Waals surface area contributed by atoms with Gasteiger partial charge in [0.2, 0.25) is 5.91 Å². The van der Waals surface area contributed by atoms with E-state index in [1.807, 2.05) is 0 Å². The fourth-order valence-electron chi connectivity index (χ4n) is 2.55. The maximum absolute atomic E-state index is 12.3. The number of carbonyl (C=O) groups is 2. The van der Waals surface area contributed by atoms with Crippen LogP contribution in [-0.4, -0.2) is 23.6 Å².